The lowest BCUT2D eigenvalue weighted by atomic mass is 9.91. The number of aryl methyl sites for hydroxylation is 1. The number of thiophene rings is 2. The number of hydrogen-bond acceptors (Lipinski definition) is 2. The zero-order chi connectivity index (χ0) is 43.7. The molecule has 0 fully saturated rings. The summed E-state index contributed by atoms with van der Waals surface area (Å²) in [6.45, 7) is 9.99. The molecule has 0 saturated carbocycles. The van der Waals surface area contributed by atoms with Gasteiger partial charge in [-0.1, -0.05) is 115 Å². The van der Waals surface area contributed by atoms with Gasteiger partial charge in [0.25, 0.3) is 0 Å². The van der Waals surface area contributed by atoms with Gasteiger partial charge in [-0.15, -0.1) is 22.7 Å². The van der Waals surface area contributed by atoms with Crippen LogP contribution >= 0.6 is 22.7 Å². The van der Waals surface area contributed by atoms with Gasteiger partial charge in [0.15, 0.2) is 5.69 Å². The highest BCUT2D eigenvalue weighted by Crippen LogP contribution is 2.49. The first-order valence-corrected chi connectivity index (χ1v) is 22.9. The van der Waals surface area contributed by atoms with Crippen LogP contribution in [-0.4, -0.2) is 9.13 Å². The Hall–Kier alpha value is -7.70. The second-order valence-electron chi connectivity index (χ2n) is 16.6. The van der Waals surface area contributed by atoms with Crippen LogP contribution in [0, 0.1) is 13.5 Å². The molecule has 9 aromatic carbocycles. The second-order valence-corrected chi connectivity index (χ2v) is 18.7. The van der Waals surface area contributed by atoms with E-state index < -0.39 is 11.7 Å². The Balaban J connectivity index is 1.17. The molecule has 4 heterocycles. The molecule has 65 heavy (non-hydrogen) atoms. The summed E-state index contributed by atoms with van der Waals surface area (Å²) < 4.78 is 54.2. The maximum absolute atomic E-state index is 15.0. The molecule has 0 amide bonds. The summed E-state index contributed by atoms with van der Waals surface area (Å²) in [7, 11) is 0. The normalized spacial score (nSPS) is 12.3. The SMILES string of the molecule is [C-]#[N+]c1ccc(-n2c3ccccc3c3c4sc5ccccc5c4ccc32)c(-c2ccc(-c3c(C)cccc3C(F)(F)F)cc2-n2c3ccccc3c3c4sc5ccccc5c4ccc32)c1. The van der Waals surface area contributed by atoms with Crippen molar-refractivity contribution in [3.05, 3.63) is 198 Å². The summed E-state index contributed by atoms with van der Waals surface area (Å²) >= 11 is 3.55. The number of alkyl halides is 3. The maximum atomic E-state index is 15.0. The first-order chi connectivity index (χ1) is 31.8. The minimum absolute atomic E-state index is 0.144. The smallest absolute Gasteiger partial charge is 0.309 e. The van der Waals surface area contributed by atoms with Crippen molar-refractivity contribution in [2.24, 2.45) is 0 Å². The van der Waals surface area contributed by atoms with Gasteiger partial charge in [-0.25, -0.2) is 4.85 Å². The highest BCUT2D eigenvalue weighted by atomic mass is 32.1. The Morgan fingerprint density at radius 3 is 1.62 bits per heavy atom. The van der Waals surface area contributed by atoms with Crippen LogP contribution in [0.4, 0.5) is 18.9 Å². The minimum atomic E-state index is -4.58. The molecule has 0 saturated heterocycles. The average Bonchev–Trinajstić information content (AvgIpc) is 4.08. The number of benzene rings is 9. The van der Waals surface area contributed by atoms with Crippen LogP contribution in [0.15, 0.2) is 176 Å². The van der Waals surface area contributed by atoms with Gasteiger partial charge in [-0.3, -0.25) is 0 Å². The van der Waals surface area contributed by atoms with Gasteiger partial charge in [-0.05, 0) is 89.8 Å². The lowest BCUT2D eigenvalue weighted by Gasteiger charge is -2.21. The maximum Gasteiger partial charge on any atom is 0.417 e. The molecule has 0 aliphatic heterocycles. The van der Waals surface area contributed by atoms with E-state index >= 15 is 0 Å². The molecule has 0 atom stereocenters. The Labute approximate surface area is 377 Å². The minimum Gasteiger partial charge on any atom is -0.309 e. The zero-order valence-electron chi connectivity index (χ0n) is 34.5. The molecular weight excluding hydrogens is 848 g/mol. The highest BCUT2D eigenvalue weighted by Gasteiger charge is 2.35. The molecule has 0 aliphatic carbocycles. The predicted octanol–water partition coefficient (Wildman–Crippen LogP) is 17.8. The summed E-state index contributed by atoms with van der Waals surface area (Å²) in [5, 5.41) is 9.19. The van der Waals surface area contributed by atoms with E-state index in [0.717, 1.165) is 70.5 Å². The fourth-order valence-corrected chi connectivity index (χ4v) is 12.9. The topological polar surface area (TPSA) is 14.2 Å². The molecule has 0 aliphatic rings. The van der Waals surface area contributed by atoms with Crippen molar-refractivity contribution in [2.45, 2.75) is 13.1 Å². The summed E-state index contributed by atoms with van der Waals surface area (Å²) in [6.07, 6.45) is -4.58. The first kappa shape index (κ1) is 37.8. The van der Waals surface area contributed by atoms with Crippen LogP contribution in [0.3, 0.4) is 0 Å². The van der Waals surface area contributed by atoms with E-state index in [1.807, 2.05) is 48.5 Å². The standard InChI is InChI=1S/C57H32F3N3S2/c1-32-12-11-17-43(57(58,59)60)52(32)33-22-24-35(49(30-33)63-45-19-8-4-16-41(45)54-48(63)29-26-39-37-14-6-10-21-51(37)65-56(39)54)42-31-34(61-2)23-27-46(42)62-44-18-7-3-15-40(44)53-47(62)28-25-38-36-13-5-9-20-50(36)64-55(38)53/h3-31H,1H3. The van der Waals surface area contributed by atoms with Crippen LogP contribution in [0.1, 0.15) is 11.1 Å². The van der Waals surface area contributed by atoms with Gasteiger partial charge in [-0.2, -0.15) is 13.2 Å². The van der Waals surface area contributed by atoms with Crippen LogP contribution in [-0.2, 0) is 6.18 Å². The largest absolute Gasteiger partial charge is 0.417 e. The summed E-state index contributed by atoms with van der Waals surface area (Å²) in [4.78, 5) is 3.94. The van der Waals surface area contributed by atoms with Crippen LogP contribution in [0.25, 0.3) is 122 Å². The predicted molar refractivity (Wildman–Crippen MR) is 268 cm³/mol. The van der Waals surface area contributed by atoms with Gasteiger partial charge in [0.2, 0.25) is 0 Å². The van der Waals surface area contributed by atoms with E-state index in [9.17, 15) is 13.2 Å². The van der Waals surface area contributed by atoms with E-state index in [1.54, 1.807) is 35.7 Å². The molecule has 0 spiro atoms. The molecule has 4 aromatic heterocycles. The molecule has 0 unspecified atom stereocenters. The zero-order valence-corrected chi connectivity index (χ0v) is 36.2. The fourth-order valence-electron chi connectivity index (χ4n) is 10.4. The van der Waals surface area contributed by atoms with Crippen molar-refractivity contribution in [1.29, 1.82) is 0 Å². The summed E-state index contributed by atoms with van der Waals surface area (Å²) in [5.41, 5.74) is 7.95. The number of fused-ring (bicyclic) bond motifs is 14. The van der Waals surface area contributed by atoms with Crippen LogP contribution in [0.5, 0.6) is 0 Å². The van der Waals surface area contributed by atoms with Gasteiger partial charge in [0.05, 0.1) is 45.6 Å². The fraction of sp³-hybridized carbons (Fsp3) is 0.0351. The third-order valence-corrected chi connectivity index (χ3v) is 15.5. The van der Waals surface area contributed by atoms with Crippen molar-refractivity contribution < 1.29 is 13.2 Å². The Morgan fingerprint density at radius 1 is 0.477 bits per heavy atom. The lowest BCUT2D eigenvalue weighted by Crippen LogP contribution is -2.08. The van der Waals surface area contributed by atoms with Crippen LogP contribution < -0.4 is 0 Å². The van der Waals surface area contributed by atoms with E-state index in [4.69, 9.17) is 6.57 Å². The number of nitrogens with zero attached hydrogens (tertiary/aromatic N) is 3. The molecule has 3 nitrogen and oxygen atoms in total. The molecule has 13 aromatic rings. The van der Waals surface area contributed by atoms with Crippen LogP contribution in [0.2, 0.25) is 0 Å². The molecule has 13 rings (SSSR count). The molecule has 0 N–H and O–H groups in total. The number of aromatic nitrogens is 2. The van der Waals surface area contributed by atoms with E-state index in [2.05, 4.69) is 123 Å². The quantitative estimate of drug-likeness (QED) is 0.156. The second kappa shape index (κ2) is 13.9. The van der Waals surface area contributed by atoms with Crippen molar-refractivity contribution in [2.75, 3.05) is 0 Å². The number of para-hydroxylation sites is 2. The van der Waals surface area contributed by atoms with Crippen molar-refractivity contribution >= 4 is 112 Å². The van der Waals surface area contributed by atoms with Gasteiger partial charge >= 0.3 is 6.18 Å². The highest BCUT2D eigenvalue weighted by molar-refractivity contribution is 7.27. The third-order valence-electron chi connectivity index (χ3n) is 13.1. The summed E-state index contributed by atoms with van der Waals surface area (Å²) in [6, 6.07) is 58.4. The average molecular weight is 880 g/mol. The van der Waals surface area contributed by atoms with Crippen molar-refractivity contribution in [3.63, 3.8) is 0 Å². The molecule has 0 radical (unpaired) electrons. The van der Waals surface area contributed by atoms with Crippen molar-refractivity contribution in [1.82, 2.24) is 9.13 Å². The Bertz CT molecular complexity index is 4210. The Kier molecular flexibility index (Phi) is 8.09. The molecule has 0 bridgehead atoms. The van der Waals surface area contributed by atoms with Gasteiger partial charge in [0, 0.05) is 67.5 Å². The van der Waals surface area contributed by atoms with E-state index in [-0.39, 0.29) is 5.56 Å². The Morgan fingerprint density at radius 2 is 1.03 bits per heavy atom. The molecular formula is C57H32F3N3S2. The van der Waals surface area contributed by atoms with E-state index in [1.165, 1.54) is 42.4 Å². The number of halogens is 3. The molecule has 8 heteroatoms. The molecule has 308 valence electrons. The summed E-state index contributed by atoms with van der Waals surface area (Å²) in [5.74, 6) is 0. The van der Waals surface area contributed by atoms with Crippen molar-refractivity contribution in [3.8, 4) is 33.6 Å². The number of rotatable bonds is 4. The number of hydrogen-bond donors (Lipinski definition) is 0. The van der Waals surface area contributed by atoms with Gasteiger partial charge < -0.3 is 9.13 Å². The third kappa shape index (κ3) is 5.46. The lowest BCUT2D eigenvalue weighted by molar-refractivity contribution is -0.137. The van der Waals surface area contributed by atoms with Gasteiger partial charge in [0.1, 0.15) is 0 Å². The first-order valence-electron chi connectivity index (χ1n) is 21.3. The van der Waals surface area contributed by atoms with E-state index in [0.29, 0.717) is 22.5 Å². The monoisotopic (exact) mass is 879 g/mol.